The Hall–Kier alpha value is -2.06. The highest BCUT2D eigenvalue weighted by Gasteiger charge is 2.33. The maximum absolute atomic E-state index is 12.9. The number of amides is 1. The van der Waals surface area contributed by atoms with Crippen LogP contribution in [0.15, 0.2) is 68.4 Å². The van der Waals surface area contributed by atoms with Crippen molar-refractivity contribution in [2.24, 2.45) is 0 Å². The Labute approximate surface area is 190 Å². The summed E-state index contributed by atoms with van der Waals surface area (Å²) in [4.78, 5) is 14.9. The van der Waals surface area contributed by atoms with Crippen molar-refractivity contribution < 1.29 is 13.9 Å². The monoisotopic (exact) mass is 505 g/mol. The minimum atomic E-state index is -0.184. The van der Waals surface area contributed by atoms with E-state index >= 15 is 0 Å². The van der Waals surface area contributed by atoms with Crippen molar-refractivity contribution in [1.82, 2.24) is 0 Å². The van der Waals surface area contributed by atoms with Gasteiger partial charge in [0.1, 0.15) is 17.3 Å². The number of carbonyl (C=O) groups excluding carboxylic acids is 1. The number of thioether (sulfide) groups is 1. The van der Waals surface area contributed by atoms with E-state index < -0.39 is 0 Å². The molecule has 1 saturated heterocycles. The van der Waals surface area contributed by atoms with Gasteiger partial charge < -0.3 is 9.15 Å². The molecule has 3 aromatic rings. The Kier molecular flexibility index (Phi) is 5.83. The lowest BCUT2D eigenvalue weighted by Gasteiger charge is -2.14. The molecule has 1 aliphatic heterocycles. The molecule has 4 rings (SSSR count). The van der Waals surface area contributed by atoms with Crippen molar-refractivity contribution in [2.45, 2.75) is 0 Å². The van der Waals surface area contributed by atoms with E-state index in [2.05, 4.69) is 15.9 Å². The van der Waals surface area contributed by atoms with Gasteiger partial charge in [-0.05, 0) is 48.5 Å². The van der Waals surface area contributed by atoms with E-state index in [1.54, 1.807) is 37.5 Å². The lowest BCUT2D eigenvalue weighted by Crippen LogP contribution is -2.27. The fraction of sp³-hybridized carbons (Fsp3) is 0.0476. The number of carbonyl (C=O) groups is 1. The van der Waals surface area contributed by atoms with Gasteiger partial charge in [0.25, 0.3) is 5.91 Å². The maximum atomic E-state index is 12.9. The Morgan fingerprint density at radius 1 is 1.21 bits per heavy atom. The van der Waals surface area contributed by atoms with Gasteiger partial charge in [0.2, 0.25) is 0 Å². The summed E-state index contributed by atoms with van der Waals surface area (Å²) < 4.78 is 12.7. The van der Waals surface area contributed by atoms with E-state index in [1.165, 1.54) is 16.7 Å². The maximum Gasteiger partial charge on any atom is 0.270 e. The number of hydrogen-bond acceptors (Lipinski definition) is 5. The molecule has 0 spiro atoms. The molecule has 29 heavy (non-hydrogen) atoms. The van der Waals surface area contributed by atoms with Crippen LogP contribution in [0.2, 0.25) is 5.02 Å². The van der Waals surface area contributed by atoms with E-state index in [0.29, 0.717) is 37.2 Å². The Morgan fingerprint density at radius 2 is 2.03 bits per heavy atom. The van der Waals surface area contributed by atoms with Crippen LogP contribution in [-0.4, -0.2) is 17.3 Å². The van der Waals surface area contributed by atoms with Gasteiger partial charge in [0, 0.05) is 15.6 Å². The molecule has 1 aliphatic rings. The quantitative estimate of drug-likeness (QED) is 0.288. The number of hydrogen-bond donors (Lipinski definition) is 0. The summed E-state index contributed by atoms with van der Waals surface area (Å²) in [5.74, 6) is 1.60. The highest BCUT2D eigenvalue weighted by molar-refractivity contribution is 9.10. The van der Waals surface area contributed by atoms with Crippen molar-refractivity contribution in [3.8, 4) is 17.1 Å². The topological polar surface area (TPSA) is 42.7 Å². The zero-order valence-electron chi connectivity index (χ0n) is 15.0. The molecule has 0 N–H and O–H groups in total. The van der Waals surface area contributed by atoms with Gasteiger partial charge in [-0.25, -0.2) is 0 Å². The number of methoxy groups -OCH3 is 1. The smallest absolute Gasteiger partial charge is 0.270 e. The van der Waals surface area contributed by atoms with Gasteiger partial charge in [0.05, 0.1) is 23.3 Å². The molecular formula is C21H13BrClNO3S2. The molecule has 0 aliphatic carbocycles. The largest absolute Gasteiger partial charge is 0.496 e. The van der Waals surface area contributed by atoms with Crippen molar-refractivity contribution in [3.63, 3.8) is 0 Å². The second-order valence-corrected chi connectivity index (χ2v) is 9.07. The first-order valence-corrected chi connectivity index (χ1v) is 10.8. The molecule has 0 unspecified atom stereocenters. The number of nitrogens with zero attached hydrogens (tertiary/aromatic N) is 1. The highest BCUT2D eigenvalue weighted by atomic mass is 79.9. The minimum Gasteiger partial charge on any atom is -0.496 e. The van der Waals surface area contributed by atoms with Crippen LogP contribution in [0.25, 0.3) is 17.4 Å². The molecule has 0 radical (unpaired) electrons. The summed E-state index contributed by atoms with van der Waals surface area (Å²) in [5, 5.41) is 0.577. The third-order valence-electron chi connectivity index (χ3n) is 4.19. The van der Waals surface area contributed by atoms with Crippen LogP contribution < -0.4 is 9.64 Å². The van der Waals surface area contributed by atoms with Crippen LogP contribution in [0, 0.1) is 0 Å². The van der Waals surface area contributed by atoms with E-state index in [4.69, 9.17) is 33.0 Å². The number of anilines is 1. The first-order valence-electron chi connectivity index (χ1n) is 8.43. The summed E-state index contributed by atoms with van der Waals surface area (Å²) in [6, 6.07) is 16.4. The Bertz CT molecular complexity index is 1160. The molecule has 146 valence electrons. The lowest BCUT2D eigenvalue weighted by molar-refractivity contribution is -0.113. The first kappa shape index (κ1) is 20.2. The molecule has 4 nitrogen and oxygen atoms in total. The molecule has 8 heteroatoms. The second-order valence-electron chi connectivity index (χ2n) is 6.04. The predicted octanol–water partition coefficient (Wildman–Crippen LogP) is 6.78. The van der Waals surface area contributed by atoms with Crippen molar-refractivity contribution in [2.75, 3.05) is 12.0 Å². The van der Waals surface area contributed by atoms with Gasteiger partial charge in [-0.2, -0.15) is 0 Å². The summed E-state index contributed by atoms with van der Waals surface area (Å²) in [7, 11) is 1.59. The summed E-state index contributed by atoms with van der Waals surface area (Å²) >= 11 is 16.2. The minimum absolute atomic E-state index is 0.184. The van der Waals surface area contributed by atoms with Crippen LogP contribution in [0.5, 0.6) is 5.75 Å². The molecule has 0 bridgehead atoms. The van der Waals surface area contributed by atoms with Crippen molar-refractivity contribution in [1.29, 1.82) is 0 Å². The summed E-state index contributed by atoms with van der Waals surface area (Å²) in [6.45, 7) is 0. The third-order valence-corrected chi connectivity index (χ3v) is 6.22. The van der Waals surface area contributed by atoms with Crippen LogP contribution in [0.4, 0.5) is 5.69 Å². The fourth-order valence-electron chi connectivity index (χ4n) is 2.88. The van der Waals surface area contributed by atoms with Crippen molar-refractivity contribution in [3.05, 3.63) is 74.8 Å². The van der Waals surface area contributed by atoms with Gasteiger partial charge in [0.15, 0.2) is 4.32 Å². The Morgan fingerprint density at radius 3 is 2.79 bits per heavy atom. The summed E-state index contributed by atoms with van der Waals surface area (Å²) in [5.41, 5.74) is 1.45. The lowest BCUT2D eigenvalue weighted by atomic mass is 10.1. The van der Waals surface area contributed by atoms with E-state index in [1.807, 2.05) is 30.3 Å². The molecule has 0 atom stereocenters. The highest BCUT2D eigenvalue weighted by Crippen LogP contribution is 2.38. The predicted molar refractivity (Wildman–Crippen MR) is 126 cm³/mol. The average Bonchev–Trinajstić information content (AvgIpc) is 3.26. The molecular weight excluding hydrogens is 494 g/mol. The van der Waals surface area contributed by atoms with Gasteiger partial charge in [-0.15, -0.1) is 0 Å². The zero-order chi connectivity index (χ0) is 20.5. The van der Waals surface area contributed by atoms with Crippen LogP contribution in [0.1, 0.15) is 5.76 Å². The number of benzene rings is 2. The SMILES string of the molecule is COc1ccc(Cl)cc1-c1ccc(/C=C2/SC(=S)N(c3cccc(Br)c3)C2=O)o1. The Balaban J connectivity index is 1.64. The first-order chi connectivity index (χ1) is 14.0. The summed E-state index contributed by atoms with van der Waals surface area (Å²) in [6.07, 6.45) is 1.69. The second kappa shape index (κ2) is 8.36. The molecule has 2 heterocycles. The van der Waals surface area contributed by atoms with Crippen LogP contribution >= 0.6 is 51.5 Å². The number of halogens is 2. The van der Waals surface area contributed by atoms with E-state index in [-0.39, 0.29) is 5.91 Å². The van der Waals surface area contributed by atoms with E-state index in [9.17, 15) is 4.79 Å². The number of furan rings is 1. The van der Waals surface area contributed by atoms with Crippen molar-refractivity contribution >= 4 is 73.5 Å². The normalized spacial score (nSPS) is 15.4. The molecule has 1 amide bonds. The standard InChI is InChI=1S/C21H13BrClNO3S2/c1-26-17-7-5-13(23)10-16(17)18-8-6-15(27-18)11-19-20(25)24(21(28)29-19)14-4-2-3-12(22)9-14/h2-11H,1H3/b19-11+. The molecule has 0 saturated carbocycles. The number of ether oxygens (including phenoxy) is 1. The molecule has 1 fully saturated rings. The number of thiocarbonyl (C=S) groups is 1. The fourth-order valence-corrected chi connectivity index (χ4v) is 4.72. The zero-order valence-corrected chi connectivity index (χ0v) is 19.0. The van der Waals surface area contributed by atoms with Crippen LogP contribution in [-0.2, 0) is 4.79 Å². The van der Waals surface area contributed by atoms with Crippen LogP contribution in [0.3, 0.4) is 0 Å². The average molecular weight is 507 g/mol. The third kappa shape index (κ3) is 4.14. The molecule has 2 aromatic carbocycles. The molecule has 1 aromatic heterocycles. The van der Waals surface area contributed by atoms with Gasteiger partial charge in [-0.1, -0.05) is 57.6 Å². The van der Waals surface area contributed by atoms with Gasteiger partial charge in [-0.3, -0.25) is 9.69 Å². The van der Waals surface area contributed by atoms with Gasteiger partial charge >= 0.3 is 0 Å². The van der Waals surface area contributed by atoms with E-state index in [0.717, 1.165) is 10.0 Å². The number of rotatable bonds is 4.